The van der Waals surface area contributed by atoms with E-state index >= 15 is 0 Å². The highest BCUT2D eigenvalue weighted by atomic mass is 32.2. The van der Waals surface area contributed by atoms with E-state index in [1.165, 1.54) is 19.3 Å². The zero-order valence-electron chi connectivity index (χ0n) is 22.8. The lowest BCUT2D eigenvalue weighted by molar-refractivity contribution is -0.105. The van der Waals surface area contributed by atoms with E-state index in [4.69, 9.17) is 4.74 Å². The van der Waals surface area contributed by atoms with Crippen molar-refractivity contribution in [2.75, 3.05) is 23.5 Å². The van der Waals surface area contributed by atoms with E-state index in [0.717, 1.165) is 33.2 Å². The number of thioether (sulfide) groups is 1. The summed E-state index contributed by atoms with van der Waals surface area (Å²) in [5.41, 5.74) is 3.77. The summed E-state index contributed by atoms with van der Waals surface area (Å²) >= 11 is 1.63. The van der Waals surface area contributed by atoms with E-state index in [1.807, 2.05) is 53.0 Å². The number of amides is 1. The Labute approximate surface area is 219 Å². The number of imidazole rings is 1. The topological polar surface area (TPSA) is 104 Å². The molecule has 2 aromatic heterocycles. The van der Waals surface area contributed by atoms with Crippen LogP contribution in [-0.2, 0) is 9.53 Å². The van der Waals surface area contributed by atoms with Crippen molar-refractivity contribution in [3.8, 4) is 0 Å². The smallest absolute Gasteiger partial charge is 0.216 e. The number of carbonyl (C=O) groups is 1. The minimum absolute atomic E-state index is 0.200. The highest BCUT2D eigenvalue weighted by Gasteiger charge is 2.27. The van der Waals surface area contributed by atoms with Crippen molar-refractivity contribution >= 4 is 52.4 Å². The third kappa shape index (κ3) is 7.98. The summed E-state index contributed by atoms with van der Waals surface area (Å²) in [6, 6.07) is 7.83. The standard InChI is InChI=1S/C20H22N6O2S.C3H6.2C2H6/c1-11-22-17-14(8-16(21-10-27)25-18(17)23-11)24-13-6-5-12(7-15(13)29-4)19-26-20(2,3)9-28-19;1-2-3-1;2*1-2/h5-8,10H,9H2,1-4H3,(H3,21,22,23,24,25,27);1-3H2;2*1-2H3. The Hall–Kier alpha value is -3.07. The van der Waals surface area contributed by atoms with Crippen LogP contribution < -0.4 is 10.6 Å². The molecule has 9 heteroatoms. The first-order chi connectivity index (χ1) is 17.4. The van der Waals surface area contributed by atoms with Crippen LogP contribution in [0.2, 0.25) is 0 Å². The van der Waals surface area contributed by atoms with Gasteiger partial charge in [-0.25, -0.2) is 15.0 Å². The molecule has 1 amide bonds. The van der Waals surface area contributed by atoms with Crippen molar-refractivity contribution in [1.82, 2.24) is 15.0 Å². The normalized spacial score (nSPS) is 14.5. The number of pyridine rings is 1. The van der Waals surface area contributed by atoms with Gasteiger partial charge in [0.05, 0.1) is 16.9 Å². The summed E-state index contributed by atoms with van der Waals surface area (Å²) in [7, 11) is 0. The molecule has 0 radical (unpaired) electrons. The fourth-order valence-corrected chi connectivity index (χ4v) is 3.73. The molecule has 1 saturated carbocycles. The average Bonchev–Trinajstić information content (AvgIpc) is 3.65. The number of aromatic amines is 1. The molecule has 2 aliphatic rings. The quantitative estimate of drug-likeness (QED) is 0.241. The Balaban J connectivity index is 0.000000582. The predicted octanol–water partition coefficient (Wildman–Crippen LogP) is 7.08. The first-order valence-corrected chi connectivity index (χ1v) is 13.9. The lowest BCUT2D eigenvalue weighted by atomic mass is 10.1. The molecular formula is C27H40N6O2S. The van der Waals surface area contributed by atoms with Crippen LogP contribution in [0.15, 0.2) is 34.2 Å². The number of aliphatic imine (C=N–C) groups is 1. The fourth-order valence-electron chi connectivity index (χ4n) is 3.14. The van der Waals surface area contributed by atoms with E-state index in [0.29, 0.717) is 30.4 Å². The van der Waals surface area contributed by atoms with Gasteiger partial charge in [0.15, 0.2) is 5.65 Å². The minimum Gasteiger partial charge on any atom is -0.475 e. The Morgan fingerprint density at radius 2 is 1.75 bits per heavy atom. The molecule has 196 valence electrons. The molecule has 1 aliphatic heterocycles. The van der Waals surface area contributed by atoms with E-state index in [9.17, 15) is 4.79 Å². The number of anilines is 3. The highest BCUT2D eigenvalue weighted by Crippen LogP contribution is 2.33. The van der Waals surface area contributed by atoms with Crippen LogP contribution in [0.5, 0.6) is 0 Å². The van der Waals surface area contributed by atoms with Crippen molar-refractivity contribution in [3.05, 3.63) is 35.7 Å². The first kappa shape index (κ1) is 29.2. The van der Waals surface area contributed by atoms with E-state index in [2.05, 4.69) is 50.5 Å². The number of hydrogen-bond donors (Lipinski definition) is 3. The van der Waals surface area contributed by atoms with Gasteiger partial charge in [0.2, 0.25) is 12.3 Å². The number of hydrogen-bond acceptors (Lipinski definition) is 7. The molecule has 0 bridgehead atoms. The summed E-state index contributed by atoms with van der Waals surface area (Å²) in [5.74, 6) is 1.85. The second-order valence-electron chi connectivity index (χ2n) is 8.46. The van der Waals surface area contributed by atoms with Crippen molar-refractivity contribution in [2.45, 2.75) is 78.2 Å². The summed E-state index contributed by atoms with van der Waals surface area (Å²) in [6.07, 6.45) is 7.12. The van der Waals surface area contributed by atoms with Crippen LogP contribution in [0.1, 0.15) is 72.2 Å². The molecule has 3 heterocycles. The maximum atomic E-state index is 10.9. The van der Waals surface area contributed by atoms with Crippen LogP contribution in [-0.4, -0.2) is 45.7 Å². The highest BCUT2D eigenvalue weighted by molar-refractivity contribution is 7.98. The maximum absolute atomic E-state index is 10.9. The number of aromatic nitrogens is 3. The number of carbonyl (C=O) groups excluding carboxylic acids is 1. The van der Waals surface area contributed by atoms with Crippen molar-refractivity contribution in [2.24, 2.45) is 4.99 Å². The Morgan fingerprint density at radius 1 is 1.06 bits per heavy atom. The monoisotopic (exact) mass is 512 g/mol. The summed E-state index contributed by atoms with van der Waals surface area (Å²) < 4.78 is 5.77. The van der Waals surface area contributed by atoms with Crippen LogP contribution in [0.25, 0.3) is 11.2 Å². The third-order valence-electron chi connectivity index (χ3n) is 4.82. The van der Waals surface area contributed by atoms with Gasteiger partial charge in [-0.2, -0.15) is 0 Å². The van der Waals surface area contributed by atoms with Gasteiger partial charge in [-0.1, -0.05) is 47.0 Å². The number of rotatable bonds is 6. The Morgan fingerprint density at radius 3 is 2.31 bits per heavy atom. The summed E-state index contributed by atoms with van der Waals surface area (Å²) in [6.45, 7) is 14.6. The Bertz CT molecular complexity index is 1170. The molecule has 36 heavy (non-hydrogen) atoms. The molecule has 0 spiro atoms. The van der Waals surface area contributed by atoms with Gasteiger partial charge in [0, 0.05) is 16.5 Å². The van der Waals surface area contributed by atoms with Crippen LogP contribution >= 0.6 is 11.8 Å². The van der Waals surface area contributed by atoms with E-state index in [1.54, 1.807) is 17.8 Å². The van der Waals surface area contributed by atoms with Gasteiger partial charge in [0.25, 0.3) is 0 Å². The van der Waals surface area contributed by atoms with Gasteiger partial charge >= 0.3 is 0 Å². The first-order valence-electron chi connectivity index (χ1n) is 12.6. The van der Waals surface area contributed by atoms with Crippen molar-refractivity contribution in [1.29, 1.82) is 0 Å². The number of fused-ring (bicyclic) bond motifs is 1. The largest absolute Gasteiger partial charge is 0.475 e. The third-order valence-corrected chi connectivity index (χ3v) is 5.60. The zero-order chi connectivity index (χ0) is 26.7. The van der Waals surface area contributed by atoms with E-state index in [-0.39, 0.29) is 5.54 Å². The lowest BCUT2D eigenvalue weighted by Crippen LogP contribution is -2.17. The van der Waals surface area contributed by atoms with Crippen molar-refractivity contribution < 1.29 is 9.53 Å². The molecule has 1 aromatic carbocycles. The average molecular weight is 513 g/mol. The number of nitrogens with zero attached hydrogens (tertiary/aromatic N) is 3. The number of aryl methyl sites for hydroxylation is 1. The van der Waals surface area contributed by atoms with Crippen molar-refractivity contribution in [3.63, 3.8) is 0 Å². The second-order valence-corrected chi connectivity index (χ2v) is 9.30. The number of nitrogens with one attached hydrogen (secondary N) is 3. The molecule has 0 atom stereocenters. The zero-order valence-corrected chi connectivity index (χ0v) is 23.6. The SMILES string of the molecule is C1CC1.CC.CC.CSc1cc(C2=NC(C)(C)CO2)ccc1Nc1cc(NC=O)nc2nc(C)[nH]c12. The van der Waals surface area contributed by atoms with Crippen LogP contribution in [0, 0.1) is 6.92 Å². The number of ether oxygens (including phenoxy) is 1. The maximum Gasteiger partial charge on any atom is 0.216 e. The molecule has 1 aliphatic carbocycles. The molecule has 8 nitrogen and oxygen atoms in total. The van der Waals surface area contributed by atoms with Crippen LogP contribution in [0.4, 0.5) is 17.2 Å². The molecule has 3 N–H and O–H groups in total. The minimum atomic E-state index is -0.200. The molecule has 0 unspecified atom stereocenters. The fraction of sp³-hybridized carbons (Fsp3) is 0.481. The molecule has 1 fully saturated rings. The number of H-pyrrole nitrogens is 1. The Kier molecular flexibility index (Phi) is 11.2. The van der Waals surface area contributed by atoms with Gasteiger partial charge < -0.3 is 20.4 Å². The van der Waals surface area contributed by atoms with Gasteiger partial charge in [0.1, 0.15) is 23.8 Å². The van der Waals surface area contributed by atoms with Crippen LogP contribution in [0.3, 0.4) is 0 Å². The van der Waals surface area contributed by atoms with Gasteiger partial charge in [-0.3, -0.25) is 4.79 Å². The molecular weight excluding hydrogens is 472 g/mol. The molecule has 3 aromatic rings. The predicted molar refractivity (Wildman–Crippen MR) is 153 cm³/mol. The van der Waals surface area contributed by atoms with E-state index < -0.39 is 0 Å². The second kappa shape index (κ2) is 13.9. The van der Waals surface area contributed by atoms with Gasteiger partial charge in [-0.05, 0) is 45.2 Å². The summed E-state index contributed by atoms with van der Waals surface area (Å²) in [4.78, 5) is 28.5. The summed E-state index contributed by atoms with van der Waals surface area (Å²) in [5, 5.41) is 6.04. The molecule has 5 rings (SSSR count). The number of benzene rings is 1. The van der Waals surface area contributed by atoms with Gasteiger partial charge in [-0.15, -0.1) is 11.8 Å². The lowest BCUT2D eigenvalue weighted by Gasteiger charge is -2.13. The molecule has 0 saturated heterocycles.